The van der Waals surface area contributed by atoms with Crippen molar-refractivity contribution in [2.75, 3.05) is 5.32 Å². The lowest BCUT2D eigenvalue weighted by Crippen LogP contribution is -1.87. The van der Waals surface area contributed by atoms with Gasteiger partial charge in [0.15, 0.2) is 0 Å². The van der Waals surface area contributed by atoms with Crippen LogP contribution >= 0.6 is 0 Å². The van der Waals surface area contributed by atoms with E-state index in [-0.39, 0.29) is 0 Å². The van der Waals surface area contributed by atoms with Crippen molar-refractivity contribution in [2.24, 2.45) is 0 Å². The third-order valence-electron chi connectivity index (χ3n) is 1.84. The van der Waals surface area contributed by atoms with Crippen molar-refractivity contribution in [3.63, 3.8) is 0 Å². The topological polar surface area (TPSA) is 12.0 Å². The molecule has 0 unspecified atom stereocenters. The number of anilines is 2. The lowest BCUT2D eigenvalue weighted by Gasteiger charge is -2.04. The van der Waals surface area contributed by atoms with E-state index in [4.69, 9.17) is 0 Å². The Bertz CT molecular complexity index is 390. The van der Waals surface area contributed by atoms with Gasteiger partial charge in [0, 0.05) is 11.4 Å². The molecule has 1 nitrogen and oxygen atoms in total. The van der Waals surface area contributed by atoms with Gasteiger partial charge in [0.25, 0.3) is 0 Å². The molecular formula is C16H19N. The van der Waals surface area contributed by atoms with Crippen molar-refractivity contribution < 1.29 is 0 Å². The first-order valence-electron chi connectivity index (χ1n) is 5.67. The summed E-state index contributed by atoms with van der Waals surface area (Å²) >= 11 is 0. The predicted molar refractivity (Wildman–Crippen MR) is 76.7 cm³/mol. The van der Waals surface area contributed by atoms with Gasteiger partial charge >= 0.3 is 0 Å². The summed E-state index contributed by atoms with van der Waals surface area (Å²) in [6, 6.07) is 20.3. The molecule has 0 radical (unpaired) electrons. The second-order valence-electron chi connectivity index (χ2n) is 4.06. The summed E-state index contributed by atoms with van der Waals surface area (Å²) < 4.78 is 0. The molecule has 0 saturated heterocycles. The van der Waals surface area contributed by atoms with Crippen LogP contribution in [0, 0.1) is 0 Å². The van der Waals surface area contributed by atoms with E-state index in [2.05, 4.69) is 11.9 Å². The van der Waals surface area contributed by atoms with Crippen LogP contribution in [0.3, 0.4) is 0 Å². The number of nitrogens with one attached hydrogen (secondary N) is 1. The standard InChI is InChI=1S/C12H11N.C4H8/c1-3-7-11(8-4-1)13-12-9-5-2-6-10-12;1-4(2)3/h1-10,13H;1H2,2-3H3. The first-order chi connectivity index (χ1) is 8.18. The minimum Gasteiger partial charge on any atom is -0.356 e. The van der Waals surface area contributed by atoms with E-state index in [1.54, 1.807) is 0 Å². The fraction of sp³-hybridized carbons (Fsp3) is 0.125. The van der Waals surface area contributed by atoms with Crippen LogP contribution in [0.4, 0.5) is 11.4 Å². The predicted octanol–water partition coefficient (Wildman–Crippen LogP) is 5.01. The van der Waals surface area contributed by atoms with Crippen molar-refractivity contribution in [1.29, 1.82) is 0 Å². The van der Waals surface area contributed by atoms with Gasteiger partial charge < -0.3 is 5.32 Å². The third kappa shape index (κ3) is 6.21. The number of hydrogen-bond acceptors (Lipinski definition) is 1. The Kier molecular flexibility index (Phi) is 5.59. The van der Waals surface area contributed by atoms with Gasteiger partial charge in [0.05, 0.1) is 0 Å². The highest BCUT2D eigenvalue weighted by Gasteiger charge is 1.89. The highest BCUT2D eigenvalue weighted by Crippen LogP contribution is 2.14. The molecule has 0 aliphatic carbocycles. The molecule has 2 rings (SSSR count). The first-order valence-corrected chi connectivity index (χ1v) is 5.67. The summed E-state index contributed by atoms with van der Waals surface area (Å²) in [5.74, 6) is 0. The normalized spacial score (nSPS) is 8.82. The van der Waals surface area contributed by atoms with E-state index in [9.17, 15) is 0 Å². The van der Waals surface area contributed by atoms with E-state index in [1.807, 2.05) is 74.5 Å². The zero-order valence-corrected chi connectivity index (χ0v) is 10.5. The Hall–Kier alpha value is -2.02. The third-order valence-corrected chi connectivity index (χ3v) is 1.84. The molecule has 0 bridgehead atoms. The van der Waals surface area contributed by atoms with Crippen LogP contribution in [-0.4, -0.2) is 0 Å². The van der Waals surface area contributed by atoms with E-state index >= 15 is 0 Å². The molecule has 0 heterocycles. The molecule has 0 spiro atoms. The van der Waals surface area contributed by atoms with E-state index < -0.39 is 0 Å². The zero-order valence-electron chi connectivity index (χ0n) is 10.5. The van der Waals surface area contributed by atoms with Crippen LogP contribution in [0.15, 0.2) is 72.8 Å². The van der Waals surface area contributed by atoms with Gasteiger partial charge in [0.1, 0.15) is 0 Å². The van der Waals surface area contributed by atoms with E-state index in [0.717, 1.165) is 11.4 Å². The number of para-hydroxylation sites is 2. The maximum Gasteiger partial charge on any atom is 0.0384 e. The summed E-state index contributed by atoms with van der Waals surface area (Å²) in [5.41, 5.74) is 3.40. The molecule has 0 saturated carbocycles. The molecule has 1 heteroatoms. The van der Waals surface area contributed by atoms with Crippen LogP contribution in [0.2, 0.25) is 0 Å². The zero-order chi connectivity index (χ0) is 12.5. The Morgan fingerprint density at radius 1 is 0.765 bits per heavy atom. The highest BCUT2D eigenvalue weighted by molar-refractivity contribution is 5.58. The van der Waals surface area contributed by atoms with Gasteiger partial charge in [-0.15, -0.1) is 6.58 Å². The van der Waals surface area contributed by atoms with Crippen molar-refractivity contribution in [3.8, 4) is 0 Å². The van der Waals surface area contributed by atoms with Crippen molar-refractivity contribution in [3.05, 3.63) is 72.8 Å². The van der Waals surface area contributed by atoms with Crippen molar-refractivity contribution in [1.82, 2.24) is 0 Å². The van der Waals surface area contributed by atoms with Crippen LogP contribution in [0.1, 0.15) is 13.8 Å². The van der Waals surface area contributed by atoms with E-state index in [0.29, 0.717) is 0 Å². The number of hydrogen-bond donors (Lipinski definition) is 1. The molecule has 0 amide bonds. The summed E-state index contributed by atoms with van der Waals surface area (Å²) in [6.45, 7) is 7.50. The SMILES string of the molecule is C=C(C)C.c1ccc(Nc2ccccc2)cc1. The molecule has 2 aromatic carbocycles. The maximum absolute atomic E-state index is 3.56. The Labute approximate surface area is 104 Å². The largest absolute Gasteiger partial charge is 0.356 e. The van der Waals surface area contributed by atoms with E-state index in [1.165, 1.54) is 5.57 Å². The molecule has 0 aliphatic rings. The van der Waals surface area contributed by atoms with Crippen molar-refractivity contribution >= 4 is 11.4 Å². The quantitative estimate of drug-likeness (QED) is 0.708. The number of rotatable bonds is 2. The molecule has 2 aromatic rings. The average Bonchev–Trinajstić information content (AvgIpc) is 2.31. The summed E-state index contributed by atoms with van der Waals surface area (Å²) in [4.78, 5) is 0. The van der Waals surface area contributed by atoms with Crippen LogP contribution in [0.5, 0.6) is 0 Å². The van der Waals surface area contributed by atoms with Crippen LogP contribution in [0.25, 0.3) is 0 Å². The molecule has 17 heavy (non-hydrogen) atoms. The number of benzene rings is 2. The monoisotopic (exact) mass is 225 g/mol. The lowest BCUT2D eigenvalue weighted by atomic mass is 10.3. The Morgan fingerprint density at radius 3 is 1.35 bits per heavy atom. The first kappa shape index (κ1) is 13.0. The van der Waals surface area contributed by atoms with Gasteiger partial charge in [-0.05, 0) is 38.1 Å². The molecule has 0 aliphatic heterocycles. The molecule has 0 aromatic heterocycles. The second kappa shape index (κ2) is 7.29. The lowest BCUT2D eigenvalue weighted by molar-refractivity contribution is 1.42. The molecule has 88 valence electrons. The summed E-state index contributed by atoms with van der Waals surface area (Å²) in [6.07, 6.45) is 0. The summed E-state index contributed by atoms with van der Waals surface area (Å²) in [5, 5.41) is 3.30. The minimum atomic E-state index is 1.12. The molecular weight excluding hydrogens is 206 g/mol. The van der Waals surface area contributed by atoms with Crippen LogP contribution < -0.4 is 5.32 Å². The summed E-state index contributed by atoms with van der Waals surface area (Å²) in [7, 11) is 0. The molecule has 1 N–H and O–H groups in total. The molecule has 0 fully saturated rings. The van der Waals surface area contributed by atoms with Gasteiger partial charge in [-0.3, -0.25) is 0 Å². The Morgan fingerprint density at radius 2 is 1.06 bits per heavy atom. The van der Waals surface area contributed by atoms with Gasteiger partial charge in [-0.2, -0.15) is 0 Å². The Balaban J connectivity index is 0.000000317. The molecule has 0 atom stereocenters. The van der Waals surface area contributed by atoms with Gasteiger partial charge in [-0.25, -0.2) is 0 Å². The van der Waals surface area contributed by atoms with Gasteiger partial charge in [0.2, 0.25) is 0 Å². The minimum absolute atomic E-state index is 1.12. The highest BCUT2D eigenvalue weighted by atomic mass is 14.9. The number of allylic oxidation sites excluding steroid dienone is 1. The smallest absolute Gasteiger partial charge is 0.0384 e. The fourth-order valence-electron chi connectivity index (χ4n) is 1.21. The fourth-order valence-corrected chi connectivity index (χ4v) is 1.21. The maximum atomic E-state index is 3.56. The van der Waals surface area contributed by atoms with Gasteiger partial charge in [-0.1, -0.05) is 42.0 Å². The second-order valence-corrected chi connectivity index (χ2v) is 4.06. The van der Waals surface area contributed by atoms with Crippen LogP contribution in [-0.2, 0) is 0 Å². The average molecular weight is 225 g/mol. The van der Waals surface area contributed by atoms with Crippen molar-refractivity contribution in [2.45, 2.75) is 13.8 Å².